The Morgan fingerprint density at radius 1 is 1.00 bits per heavy atom. The van der Waals surface area contributed by atoms with E-state index in [0.29, 0.717) is 36.3 Å². The molecule has 0 aliphatic carbocycles. The van der Waals surface area contributed by atoms with Crippen molar-refractivity contribution >= 4 is 6.03 Å². The van der Waals surface area contributed by atoms with Gasteiger partial charge in [-0.15, -0.1) is 0 Å². The Labute approximate surface area is 172 Å². The number of benzene rings is 2. The fraction of sp³-hybridized carbons (Fsp3) is 0.435. The van der Waals surface area contributed by atoms with Gasteiger partial charge in [-0.1, -0.05) is 36.4 Å². The number of nitrogens with one attached hydrogen (secondary N) is 1. The summed E-state index contributed by atoms with van der Waals surface area (Å²) < 4.78 is 16.4. The van der Waals surface area contributed by atoms with E-state index in [9.17, 15) is 4.79 Å². The minimum Gasteiger partial charge on any atom is -0.493 e. The number of piperidine rings is 1. The molecule has 1 aliphatic heterocycles. The normalized spacial score (nSPS) is 14.3. The zero-order valence-electron chi connectivity index (χ0n) is 17.2. The molecule has 0 saturated carbocycles. The van der Waals surface area contributed by atoms with E-state index in [4.69, 9.17) is 14.2 Å². The average molecular weight is 399 g/mol. The second-order valence-corrected chi connectivity index (χ2v) is 7.19. The van der Waals surface area contributed by atoms with Crippen molar-refractivity contribution in [2.45, 2.75) is 19.3 Å². The second kappa shape index (κ2) is 10.6. The quantitative estimate of drug-likeness (QED) is 0.688. The molecule has 1 heterocycles. The molecule has 29 heavy (non-hydrogen) atoms. The molecule has 6 nitrogen and oxygen atoms in total. The third-order valence-electron chi connectivity index (χ3n) is 5.27. The first-order chi connectivity index (χ1) is 14.2. The molecule has 156 valence electrons. The fourth-order valence-electron chi connectivity index (χ4n) is 3.69. The maximum Gasteiger partial charge on any atom is 0.317 e. The van der Waals surface area contributed by atoms with Crippen LogP contribution in [-0.4, -0.2) is 51.4 Å². The van der Waals surface area contributed by atoms with Crippen molar-refractivity contribution in [1.82, 2.24) is 10.2 Å². The van der Waals surface area contributed by atoms with Gasteiger partial charge in [0.05, 0.1) is 20.8 Å². The third kappa shape index (κ3) is 5.79. The van der Waals surface area contributed by atoms with Crippen molar-refractivity contribution in [3.8, 4) is 17.2 Å². The van der Waals surface area contributed by atoms with Crippen LogP contribution in [0.2, 0.25) is 0 Å². The summed E-state index contributed by atoms with van der Waals surface area (Å²) in [6, 6.07) is 16.0. The van der Waals surface area contributed by atoms with Crippen LogP contribution in [0.3, 0.4) is 0 Å². The summed E-state index contributed by atoms with van der Waals surface area (Å²) >= 11 is 0. The molecule has 0 atom stereocenters. The Bertz CT molecular complexity index is 774. The van der Waals surface area contributed by atoms with Gasteiger partial charge in [-0.2, -0.15) is 0 Å². The number of carbonyl (C=O) groups excluding carboxylic acids is 1. The molecule has 0 bridgehead atoms. The van der Waals surface area contributed by atoms with E-state index in [2.05, 4.69) is 29.6 Å². The summed E-state index contributed by atoms with van der Waals surface area (Å²) in [7, 11) is 3.17. The third-order valence-corrected chi connectivity index (χ3v) is 5.27. The molecule has 2 aromatic carbocycles. The number of nitrogens with zero attached hydrogens (tertiary/aromatic N) is 1. The number of methoxy groups -OCH3 is 2. The van der Waals surface area contributed by atoms with E-state index in [1.54, 1.807) is 14.2 Å². The van der Waals surface area contributed by atoms with Gasteiger partial charge in [-0.05, 0) is 42.9 Å². The summed E-state index contributed by atoms with van der Waals surface area (Å²) in [5.74, 6) is 2.42. The van der Waals surface area contributed by atoms with Gasteiger partial charge in [0.2, 0.25) is 5.75 Å². The molecule has 6 heteroatoms. The van der Waals surface area contributed by atoms with Gasteiger partial charge in [0.1, 0.15) is 6.61 Å². The van der Waals surface area contributed by atoms with E-state index < -0.39 is 0 Å². The number of carbonyl (C=O) groups is 1. The van der Waals surface area contributed by atoms with Crippen molar-refractivity contribution in [3.05, 3.63) is 54.1 Å². The van der Waals surface area contributed by atoms with Crippen LogP contribution in [0.25, 0.3) is 0 Å². The minimum absolute atomic E-state index is 0.0237. The van der Waals surface area contributed by atoms with Crippen LogP contribution < -0.4 is 19.5 Å². The van der Waals surface area contributed by atoms with Crippen LogP contribution in [0, 0.1) is 5.92 Å². The molecule has 2 amide bonds. The van der Waals surface area contributed by atoms with Gasteiger partial charge >= 0.3 is 6.03 Å². The summed E-state index contributed by atoms with van der Waals surface area (Å²) in [6.07, 6.45) is 3.17. The van der Waals surface area contributed by atoms with Crippen LogP contribution in [0.4, 0.5) is 4.79 Å². The number of rotatable bonds is 8. The highest BCUT2D eigenvalue weighted by atomic mass is 16.5. The average Bonchev–Trinajstić information content (AvgIpc) is 2.77. The van der Waals surface area contributed by atoms with Crippen LogP contribution in [0.1, 0.15) is 18.4 Å². The molecule has 1 aliphatic rings. The molecule has 2 aromatic rings. The first-order valence-electron chi connectivity index (χ1n) is 10.1. The predicted octanol–water partition coefficient (Wildman–Crippen LogP) is 3.75. The monoisotopic (exact) mass is 398 g/mol. The predicted molar refractivity (Wildman–Crippen MR) is 113 cm³/mol. The zero-order chi connectivity index (χ0) is 20.5. The molecule has 1 saturated heterocycles. The summed E-state index contributed by atoms with van der Waals surface area (Å²) in [5, 5.41) is 2.94. The number of likely N-dealkylation sites (tertiary alicyclic amines) is 1. The Balaban J connectivity index is 1.38. The van der Waals surface area contributed by atoms with E-state index in [1.807, 2.05) is 29.2 Å². The first kappa shape index (κ1) is 20.8. The minimum atomic E-state index is -0.0237. The molecular weight excluding hydrogens is 368 g/mol. The van der Waals surface area contributed by atoms with Crippen molar-refractivity contribution in [2.75, 3.05) is 40.5 Å². The Kier molecular flexibility index (Phi) is 7.61. The maximum atomic E-state index is 12.4. The highest BCUT2D eigenvalue weighted by Crippen LogP contribution is 2.36. The topological polar surface area (TPSA) is 60.0 Å². The van der Waals surface area contributed by atoms with E-state index in [0.717, 1.165) is 32.4 Å². The van der Waals surface area contributed by atoms with Gasteiger partial charge in [0.15, 0.2) is 11.5 Å². The van der Waals surface area contributed by atoms with Crippen molar-refractivity contribution < 1.29 is 19.0 Å². The zero-order valence-corrected chi connectivity index (χ0v) is 17.2. The summed E-state index contributed by atoms with van der Waals surface area (Å²) in [6.45, 7) is 2.39. The Morgan fingerprint density at radius 3 is 2.41 bits per heavy atom. The molecule has 1 fully saturated rings. The van der Waals surface area contributed by atoms with E-state index in [-0.39, 0.29) is 6.03 Å². The van der Waals surface area contributed by atoms with Crippen molar-refractivity contribution in [1.29, 1.82) is 0 Å². The van der Waals surface area contributed by atoms with Gasteiger partial charge in [0.25, 0.3) is 0 Å². The van der Waals surface area contributed by atoms with Gasteiger partial charge in [-0.3, -0.25) is 0 Å². The molecule has 0 aromatic heterocycles. The number of hydrogen-bond acceptors (Lipinski definition) is 4. The molecule has 0 spiro atoms. The number of ether oxygens (including phenoxy) is 3. The van der Waals surface area contributed by atoms with Crippen molar-refractivity contribution in [3.63, 3.8) is 0 Å². The van der Waals surface area contributed by atoms with E-state index >= 15 is 0 Å². The summed E-state index contributed by atoms with van der Waals surface area (Å²) in [5.41, 5.74) is 1.38. The van der Waals surface area contributed by atoms with Gasteiger partial charge < -0.3 is 24.4 Å². The number of urea groups is 1. The highest BCUT2D eigenvalue weighted by Gasteiger charge is 2.22. The molecular formula is C23H30N2O4. The number of hydrogen-bond donors (Lipinski definition) is 1. The Hall–Kier alpha value is -2.89. The molecule has 3 rings (SSSR count). The lowest BCUT2D eigenvalue weighted by molar-refractivity contribution is 0.168. The summed E-state index contributed by atoms with van der Waals surface area (Å²) in [4.78, 5) is 14.3. The Morgan fingerprint density at radius 2 is 1.72 bits per heavy atom. The number of para-hydroxylation sites is 1. The largest absolute Gasteiger partial charge is 0.493 e. The smallest absolute Gasteiger partial charge is 0.317 e. The SMILES string of the molecule is COc1cccc(OCCNC(=O)N2CCC(Cc3ccccc3)CC2)c1OC. The van der Waals surface area contributed by atoms with Crippen LogP contribution in [0.15, 0.2) is 48.5 Å². The lowest BCUT2D eigenvalue weighted by Crippen LogP contribution is -2.45. The second-order valence-electron chi connectivity index (χ2n) is 7.19. The maximum absolute atomic E-state index is 12.4. The van der Waals surface area contributed by atoms with Crippen molar-refractivity contribution in [2.24, 2.45) is 5.92 Å². The van der Waals surface area contributed by atoms with Crippen LogP contribution in [-0.2, 0) is 6.42 Å². The van der Waals surface area contributed by atoms with Crippen LogP contribution >= 0.6 is 0 Å². The van der Waals surface area contributed by atoms with Crippen LogP contribution in [0.5, 0.6) is 17.2 Å². The lowest BCUT2D eigenvalue weighted by atomic mass is 9.90. The molecule has 0 unspecified atom stereocenters. The highest BCUT2D eigenvalue weighted by molar-refractivity contribution is 5.74. The molecule has 1 N–H and O–H groups in total. The van der Waals surface area contributed by atoms with Gasteiger partial charge in [-0.25, -0.2) is 4.79 Å². The van der Waals surface area contributed by atoms with E-state index in [1.165, 1.54) is 5.56 Å². The fourth-order valence-corrected chi connectivity index (χ4v) is 3.69. The first-order valence-corrected chi connectivity index (χ1v) is 10.1. The standard InChI is InChI=1S/C23H30N2O4/c1-27-20-9-6-10-21(22(20)28-2)29-16-13-24-23(26)25-14-11-19(12-15-25)17-18-7-4-3-5-8-18/h3-10,19H,11-17H2,1-2H3,(H,24,26). The number of amides is 2. The van der Waals surface area contributed by atoms with Gasteiger partial charge in [0, 0.05) is 13.1 Å². The molecule has 0 radical (unpaired) electrons. The lowest BCUT2D eigenvalue weighted by Gasteiger charge is -2.32.